The minimum absolute atomic E-state index is 0.0429. The van der Waals surface area contributed by atoms with E-state index in [4.69, 9.17) is 21.1 Å². The molecule has 0 atom stereocenters. The van der Waals surface area contributed by atoms with Gasteiger partial charge in [-0.05, 0) is 57.2 Å². The van der Waals surface area contributed by atoms with Crippen molar-refractivity contribution in [2.45, 2.75) is 32.8 Å². The monoisotopic (exact) mass is 447 g/mol. The quantitative estimate of drug-likeness (QED) is 0.562. The van der Waals surface area contributed by atoms with Gasteiger partial charge in [0.25, 0.3) is 5.91 Å². The highest BCUT2D eigenvalue weighted by Crippen LogP contribution is 2.21. The number of ether oxygens (including phenoxy) is 2. The number of nitrogens with one attached hydrogen (secondary N) is 3. The molecule has 3 amide bonds. The lowest BCUT2D eigenvalue weighted by Gasteiger charge is -2.19. The Labute approximate surface area is 186 Å². The van der Waals surface area contributed by atoms with E-state index in [0.29, 0.717) is 22.1 Å². The van der Waals surface area contributed by atoms with Crippen molar-refractivity contribution < 1.29 is 23.9 Å². The van der Waals surface area contributed by atoms with Gasteiger partial charge in [-0.2, -0.15) is 0 Å². The number of hydrogen-bond acceptors (Lipinski definition) is 5. The van der Waals surface area contributed by atoms with E-state index in [-0.39, 0.29) is 31.4 Å². The standard InChI is InChI=1S/C22H26ClN3O5/c1-22(2,3)31-21(29)24-13-12-19(27)25-17-6-4-5-7-18(17)26-20(28)14-30-16-10-8-15(23)9-11-16/h4-11H,12-14H2,1-3H3,(H,24,29)(H,25,27)(H,26,28). The van der Waals surface area contributed by atoms with Crippen molar-refractivity contribution >= 4 is 40.9 Å². The van der Waals surface area contributed by atoms with Crippen LogP contribution in [-0.4, -0.2) is 36.7 Å². The van der Waals surface area contributed by atoms with Crippen LogP contribution in [0.15, 0.2) is 48.5 Å². The van der Waals surface area contributed by atoms with Gasteiger partial charge in [-0.15, -0.1) is 0 Å². The second-order valence-electron chi connectivity index (χ2n) is 7.56. The van der Waals surface area contributed by atoms with Crippen molar-refractivity contribution in [1.29, 1.82) is 0 Å². The topological polar surface area (TPSA) is 106 Å². The molecule has 0 aliphatic carbocycles. The van der Waals surface area contributed by atoms with Crippen molar-refractivity contribution in [3.63, 3.8) is 0 Å². The van der Waals surface area contributed by atoms with Crippen LogP contribution in [0.4, 0.5) is 16.2 Å². The molecule has 0 spiro atoms. The number of amides is 3. The first-order valence-electron chi connectivity index (χ1n) is 9.66. The number of carbonyl (C=O) groups excluding carboxylic acids is 3. The number of benzene rings is 2. The molecule has 0 fully saturated rings. The molecule has 0 aliphatic heterocycles. The third kappa shape index (κ3) is 9.39. The number of alkyl carbamates (subject to hydrolysis) is 1. The van der Waals surface area contributed by atoms with Gasteiger partial charge in [0.05, 0.1) is 11.4 Å². The molecule has 0 unspecified atom stereocenters. The maximum atomic E-state index is 12.2. The molecule has 166 valence electrons. The lowest BCUT2D eigenvalue weighted by Crippen LogP contribution is -2.34. The summed E-state index contributed by atoms with van der Waals surface area (Å²) in [7, 11) is 0. The van der Waals surface area contributed by atoms with Crippen LogP contribution in [0.3, 0.4) is 0 Å². The van der Waals surface area contributed by atoms with Gasteiger partial charge in [-0.25, -0.2) is 4.79 Å². The molecule has 0 aliphatic rings. The van der Waals surface area contributed by atoms with E-state index < -0.39 is 11.7 Å². The predicted octanol–water partition coefficient (Wildman–Crippen LogP) is 4.21. The van der Waals surface area contributed by atoms with Crippen LogP contribution >= 0.6 is 11.6 Å². The highest BCUT2D eigenvalue weighted by atomic mass is 35.5. The minimum Gasteiger partial charge on any atom is -0.484 e. The molecule has 0 aromatic heterocycles. The second kappa shape index (κ2) is 11.2. The van der Waals surface area contributed by atoms with Gasteiger partial charge in [0, 0.05) is 18.0 Å². The number of anilines is 2. The summed E-state index contributed by atoms with van der Waals surface area (Å²) in [5.41, 5.74) is 0.256. The van der Waals surface area contributed by atoms with Gasteiger partial charge in [-0.1, -0.05) is 23.7 Å². The van der Waals surface area contributed by atoms with Crippen LogP contribution in [0, 0.1) is 0 Å². The SMILES string of the molecule is CC(C)(C)OC(=O)NCCC(=O)Nc1ccccc1NC(=O)COc1ccc(Cl)cc1. The molecule has 0 saturated heterocycles. The van der Waals surface area contributed by atoms with Gasteiger partial charge >= 0.3 is 6.09 Å². The summed E-state index contributed by atoms with van der Waals surface area (Å²) < 4.78 is 10.5. The van der Waals surface area contributed by atoms with Gasteiger partial charge in [0.15, 0.2) is 6.61 Å². The van der Waals surface area contributed by atoms with E-state index in [1.54, 1.807) is 69.3 Å². The van der Waals surface area contributed by atoms with Crippen molar-refractivity contribution in [3.8, 4) is 5.75 Å². The van der Waals surface area contributed by atoms with E-state index in [2.05, 4.69) is 16.0 Å². The van der Waals surface area contributed by atoms with Crippen molar-refractivity contribution in [2.75, 3.05) is 23.8 Å². The molecule has 9 heteroatoms. The fourth-order valence-corrected chi connectivity index (χ4v) is 2.50. The highest BCUT2D eigenvalue weighted by molar-refractivity contribution is 6.30. The summed E-state index contributed by atoms with van der Waals surface area (Å²) in [4.78, 5) is 36.0. The zero-order chi connectivity index (χ0) is 22.9. The molecule has 0 radical (unpaired) electrons. The molecular formula is C22H26ClN3O5. The Hall–Kier alpha value is -3.26. The van der Waals surface area contributed by atoms with Gasteiger partial charge < -0.3 is 25.4 Å². The lowest BCUT2D eigenvalue weighted by atomic mass is 10.2. The Morgan fingerprint density at radius 3 is 2.06 bits per heavy atom. The van der Waals surface area contributed by atoms with Crippen LogP contribution < -0.4 is 20.7 Å². The second-order valence-corrected chi connectivity index (χ2v) is 8.00. The Morgan fingerprint density at radius 1 is 0.903 bits per heavy atom. The summed E-state index contributed by atoms with van der Waals surface area (Å²) in [5.74, 6) is -0.197. The number of rotatable bonds is 8. The molecular weight excluding hydrogens is 422 g/mol. The third-order valence-electron chi connectivity index (χ3n) is 3.68. The van der Waals surface area contributed by atoms with Gasteiger partial charge in [0.2, 0.25) is 5.91 Å². The summed E-state index contributed by atoms with van der Waals surface area (Å²) >= 11 is 5.82. The molecule has 2 rings (SSSR count). The average molecular weight is 448 g/mol. The molecule has 3 N–H and O–H groups in total. The van der Waals surface area contributed by atoms with E-state index >= 15 is 0 Å². The van der Waals surface area contributed by atoms with Crippen LogP contribution in [0.1, 0.15) is 27.2 Å². The first-order valence-corrected chi connectivity index (χ1v) is 10.0. The van der Waals surface area contributed by atoms with E-state index in [9.17, 15) is 14.4 Å². The summed E-state index contributed by atoms with van der Waals surface area (Å²) in [6.07, 6.45) is -0.546. The molecule has 2 aromatic carbocycles. The number of halogens is 1. The van der Waals surface area contributed by atoms with Crippen LogP contribution in [0.5, 0.6) is 5.75 Å². The maximum Gasteiger partial charge on any atom is 0.407 e. The summed E-state index contributed by atoms with van der Waals surface area (Å²) in [5, 5.41) is 8.51. The Morgan fingerprint density at radius 2 is 1.48 bits per heavy atom. The van der Waals surface area contributed by atoms with Crippen LogP contribution in [0.25, 0.3) is 0 Å². The molecule has 2 aromatic rings. The van der Waals surface area contributed by atoms with Crippen molar-refractivity contribution in [2.24, 2.45) is 0 Å². The Balaban J connectivity index is 1.82. The number of carbonyl (C=O) groups is 3. The fraction of sp³-hybridized carbons (Fsp3) is 0.318. The number of hydrogen-bond donors (Lipinski definition) is 3. The molecule has 0 saturated carbocycles. The zero-order valence-electron chi connectivity index (χ0n) is 17.7. The Kier molecular flexibility index (Phi) is 8.69. The van der Waals surface area contributed by atoms with Crippen molar-refractivity contribution in [1.82, 2.24) is 5.32 Å². The average Bonchev–Trinajstić information content (AvgIpc) is 2.67. The normalized spacial score (nSPS) is 10.7. The molecule has 0 bridgehead atoms. The zero-order valence-corrected chi connectivity index (χ0v) is 18.4. The predicted molar refractivity (Wildman–Crippen MR) is 120 cm³/mol. The van der Waals surface area contributed by atoms with E-state index in [1.807, 2.05) is 0 Å². The smallest absolute Gasteiger partial charge is 0.407 e. The first-order chi connectivity index (χ1) is 14.6. The fourth-order valence-electron chi connectivity index (χ4n) is 2.37. The number of para-hydroxylation sites is 2. The maximum absolute atomic E-state index is 12.2. The highest BCUT2D eigenvalue weighted by Gasteiger charge is 2.16. The van der Waals surface area contributed by atoms with Gasteiger partial charge in [-0.3, -0.25) is 9.59 Å². The van der Waals surface area contributed by atoms with Gasteiger partial charge in [0.1, 0.15) is 11.4 Å². The lowest BCUT2D eigenvalue weighted by molar-refractivity contribution is -0.118. The van der Waals surface area contributed by atoms with E-state index in [0.717, 1.165) is 0 Å². The minimum atomic E-state index is -0.610. The molecule has 31 heavy (non-hydrogen) atoms. The van der Waals surface area contributed by atoms with Crippen LogP contribution in [-0.2, 0) is 14.3 Å². The van der Waals surface area contributed by atoms with Crippen molar-refractivity contribution in [3.05, 3.63) is 53.6 Å². The summed E-state index contributed by atoms with van der Waals surface area (Å²) in [6.45, 7) is 5.18. The largest absolute Gasteiger partial charge is 0.484 e. The van der Waals surface area contributed by atoms with Crippen LogP contribution in [0.2, 0.25) is 5.02 Å². The Bertz CT molecular complexity index is 910. The molecule has 0 heterocycles. The third-order valence-corrected chi connectivity index (χ3v) is 3.93. The van der Waals surface area contributed by atoms with E-state index in [1.165, 1.54) is 0 Å². The first kappa shape index (κ1) is 24.0. The summed E-state index contributed by atoms with van der Waals surface area (Å²) in [6, 6.07) is 13.4. The molecule has 8 nitrogen and oxygen atoms in total.